The molecule has 0 bridgehead atoms. The van der Waals surface area contributed by atoms with E-state index in [-0.39, 0.29) is 12.0 Å². The molecule has 0 spiro atoms. The van der Waals surface area contributed by atoms with Gasteiger partial charge in [-0.05, 0) is 92.9 Å². The first kappa shape index (κ1) is 25.3. The lowest BCUT2D eigenvalue weighted by molar-refractivity contribution is 0.0378. The van der Waals surface area contributed by atoms with E-state index in [0.717, 1.165) is 79.7 Å². The third kappa shape index (κ3) is 6.06. The van der Waals surface area contributed by atoms with Crippen molar-refractivity contribution in [3.8, 4) is 5.75 Å². The molecule has 4 nitrogen and oxygen atoms in total. The third-order valence-electron chi connectivity index (χ3n) is 7.28. The number of aliphatic hydroxyl groups excluding tert-OH is 1. The summed E-state index contributed by atoms with van der Waals surface area (Å²) in [6.07, 6.45) is 6.75. The van der Waals surface area contributed by atoms with Crippen LogP contribution in [0.5, 0.6) is 5.75 Å². The molecule has 3 aromatic rings. The summed E-state index contributed by atoms with van der Waals surface area (Å²) < 4.78 is 5.41. The molecule has 4 rings (SSSR count). The Labute approximate surface area is 212 Å². The van der Waals surface area contributed by atoms with Gasteiger partial charge in [0.15, 0.2) is 0 Å². The third-order valence-corrected chi connectivity index (χ3v) is 8.76. The number of methoxy groups -OCH3 is 1. The van der Waals surface area contributed by atoms with Gasteiger partial charge in [-0.1, -0.05) is 29.8 Å². The summed E-state index contributed by atoms with van der Waals surface area (Å²) in [5, 5.41) is 12.1. The molecule has 1 aromatic heterocycles. The number of nitrogens with zero attached hydrogens (tertiary/aromatic N) is 2. The van der Waals surface area contributed by atoms with Crippen LogP contribution in [-0.4, -0.2) is 54.1 Å². The number of aryl methyl sites for hydroxylation is 2. The summed E-state index contributed by atoms with van der Waals surface area (Å²) in [5.74, 6) is 1.92. The van der Waals surface area contributed by atoms with Gasteiger partial charge in [0.1, 0.15) is 5.75 Å². The van der Waals surface area contributed by atoms with E-state index in [9.17, 15) is 5.11 Å². The highest BCUT2D eigenvalue weighted by Crippen LogP contribution is 2.37. The first-order valence-corrected chi connectivity index (χ1v) is 13.5. The Morgan fingerprint density at radius 3 is 2.71 bits per heavy atom. The fourth-order valence-electron chi connectivity index (χ4n) is 4.96. The number of hydrogen-bond donors (Lipinski definition) is 1. The number of halogens is 1. The van der Waals surface area contributed by atoms with Crippen molar-refractivity contribution in [2.75, 3.05) is 39.1 Å². The second-order valence-electron chi connectivity index (χ2n) is 9.44. The number of hydrogen-bond acceptors (Lipinski definition) is 5. The molecule has 0 unspecified atom stereocenters. The van der Waals surface area contributed by atoms with Crippen molar-refractivity contribution in [1.29, 1.82) is 0 Å². The van der Waals surface area contributed by atoms with Gasteiger partial charge in [-0.3, -0.25) is 4.98 Å². The molecule has 2 heterocycles. The number of rotatable bonds is 10. The first-order chi connectivity index (χ1) is 16.5. The van der Waals surface area contributed by atoms with Gasteiger partial charge in [-0.15, -0.1) is 11.8 Å². The molecular weight excluding hydrogens is 464 g/mol. The second kappa shape index (κ2) is 11.8. The minimum absolute atomic E-state index is 0.0205. The second-order valence-corrected chi connectivity index (χ2v) is 11.0. The number of fused-ring (bicyclic) bond motifs is 1. The molecular formula is C28H35ClN2O2S. The summed E-state index contributed by atoms with van der Waals surface area (Å²) in [6, 6.07) is 14.5. The predicted octanol–water partition coefficient (Wildman–Crippen LogP) is 6.39. The van der Waals surface area contributed by atoms with Crippen LogP contribution in [0, 0.1) is 12.3 Å². The van der Waals surface area contributed by atoms with E-state index in [1.807, 2.05) is 30.0 Å². The summed E-state index contributed by atoms with van der Waals surface area (Å²) in [7, 11) is 1.68. The van der Waals surface area contributed by atoms with Gasteiger partial charge in [-0.25, -0.2) is 0 Å². The van der Waals surface area contributed by atoms with Gasteiger partial charge in [-0.2, -0.15) is 0 Å². The van der Waals surface area contributed by atoms with Crippen LogP contribution in [-0.2, 0) is 6.42 Å². The van der Waals surface area contributed by atoms with E-state index in [2.05, 4.69) is 41.1 Å². The predicted molar refractivity (Wildman–Crippen MR) is 143 cm³/mol. The molecule has 1 saturated heterocycles. The largest absolute Gasteiger partial charge is 0.497 e. The number of aromatic nitrogens is 1. The van der Waals surface area contributed by atoms with Crippen molar-refractivity contribution in [3.05, 3.63) is 64.8 Å². The maximum atomic E-state index is 10.3. The van der Waals surface area contributed by atoms with E-state index >= 15 is 0 Å². The van der Waals surface area contributed by atoms with Crippen LogP contribution in [0.25, 0.3) is 10.9 Å². The Bertz CT molecular complexity index is 1100. The number of piperidine rings is 1. The Kier molecular flexibility index (Phi) is 8.75. The molecule has 0 aliphatic carbocycles. The number of thioether (sulfide) groups is 1. The molecule has 1 aliphatic rings. The maximum Gasteiger partial charge on any atom is 0.119 e. The minimum Gasteiger partial charge on any atom is -0.497 e. The van der Waals surface area contributed by atoms with Crippen molar-refractivity contribution in [2.24, 2.45) is 5.41 Å². The van der Waals surface area contributed by atoms with E-state index in [1.165, 1.54) is 10.5 Å². The Hall–Kier alpha value is -1.79. The molecule has 1 N–H and O–H groups in total. The van der Waals surface area contributed by atoms with E-state index in [1.54, 1.807) is 13.3 Å². The minimum atomic E-state index is 0.0205. The number of aliphatic hydroxyl groups is 1. The van der Waals surface area contributed by atoms with Crippen LogP contribution >= 0.6 is 23.4 Å². The standard InChI is InChI=1S/C28H35ClN2O2S/c1-21-6-3-4-8-27(21)34-17-16-31-14-12-28(20-32,13-15-31)11-5-7-23-24-18-22(33-2)9-10-26(24)30-19-25(23)29/h3-4,6,8-10,18-19,32H,5,7,11-17,20H2,1-2H3. The van der Waals surface area contributed by atoms with Gasteiger partial charge >= 0.3 is 0 Å². The zero-order valence-corrected chi connectivity index (χ0v) is 21.8. The fourth-order valence-corrected chi connectivity index (χ4v) is 6.25. The van der Waals surface area contributed by atoms with Crippen molar-refractivity contribution in [2.45, 2.75) is 43.9 Å². The summed E-state index contributed by atoms with van der Waals surface area (Å²) in [6.45, 7) is 5.66. The lowest BCUT2D eigenvalue weighted by Crippen LogP contribution is -2.42. The van der Waals surface area contributed by atoms with Gasteiger partial charge < -0.3 is 14.7 Å². The number of pyridine rings is 1. The number of likely N-dealkylation sites (tertiary alicyclic amines) is 1. The molecule has 0 radical (unpaired) electrons. The van der Waals surface area contributed by atoms with Crippen molar-refractivity contribution in [3.63, 3.8) is 0 Å². The van der Waals surface area contributed by atoms with Crippen LogP contribution in [0.4, 0.5) is 0 Å². The SMILES string of the molecule is COc1ccc2ncc(Cl)c(CCCC3(CO)CCN(CCSc4ccccc4C)CC3)c2c1. The normalized spacial score (nSPS) is 16.1. The highest BCUT2D eigenvalue weighted by Gasteiger charge is 2.33. The smallest absolute Gasteiger partial charge is 0.119 e. The van der Waals surface area contributed by atoms with E-state index in [0.29, 0.717) is 5.02 Å². The van der Waals surface area contributed by atoms with Crippen molar-refractivity contribution < 1.29 is 9.84 Å². The molecule has 1 fully saturated rings. The van der Waals surface area contributed by atoms with Gasteiger partial charge in [0.2, 0.25) is 0 Å². The van der Waals surface area contributed by atoms with Crippen molar-refractivity contribution in [1.82, 2.24) is 9.88 Å². The Morgan fingerprint density at radius 2 is 1.97 bits per heavy atom. The molecule has 0 amide bonds. The number of benzene rings is 2. The zero-order chi connectivity index (χ0) is 24.0. The summed E-state index contributed by atoms with van der Waals surface area (Å²) >= 11 is 8.49. The topological polar surface area (TPSA) is 45.6 Å². The lowest BCUT2D eigenvalue weighted by Gasteiger charge is -2.41. The lowest BCUT2D eigenvalue weighted by atomic mass is 9.75. The molecule has 0 atom stereocenters. The molecule has 182 valence electrons. The molecule has 1 aliphatic heterocycles. The van der Waals surface area contributed by atoms with Crippen LogP contribution in [0.1, 0.15) is 36.8 Å². The summed E-state index contributed by atoms with van der Waals surface area (Å²) in [4.78, 5) is 8.40. The Morgan fingerprint density at radius 1 is 1.18 bits per heavy atom. The first-order valence-electron chi connectivity index (χ1n) is 12.2. The van der Waals surface area contributed by atoms with Gasteiger partial charge in [0.25, 0.3) is 0 Å². The van der Waals surface area contributed by atoms with Crippen LogP contribution in [0.2, 0.25) is 5.02 Å². The Balaban J connectivity index is 1.29. The van der Waals surface area contributed by atoms with E-state index < -0.39 is 0 Å². The molecule has 0 saturated carbocycles. The zero-order valence-electron chi connectivity index (χ0n) is 20.2. The highest BCUT2D eigenvalue weighted by molar-refractivity contribution is 7.99. The fraction of sp³-hybridized carbons (Fsp3) is 0.464. The van der Waals surface area contributed by atoms with Crippen LogP contribution in [0.15, 0.2) is 53.6 Å². The highest BCUT2D eigenvalue weighted by atomic mass is 35.5. The summed E-state index contributed by atoms with van der Waals surface area (Å²) in [5.41, 5.74) is 3.44. The molecule has 34 heavy (non-hydrogen) atoms. The van der Waals surface area contributed by atoms with Crippen LogP contribution in [0.3, 0.4) is 0 Å². The number of ether oxygens (including phenoxy) is 1. The van der Waals surface area contributed by atoms with Gasteiger partial charge in [0.05, 0.1) is 17.6 Å². The average Bonchev–Trinajstić information content (AvgIpc) is 2.87. The average molecular weight is 499 g/mol. The maximum absolute atomic E-state index is 10.3. The quantitative estimate of drug-likeness (QED) is 0.328. The van der Waals surface area contributed by atoms with Crippen LogP contribution < -0.4 is 4.74 Å². The molecule has 2 aromatic carbocycles. The molecule has 6 heteroatoms. The van der Waals surface area contributed by atoms with Crippen molar-refractivity contribution >= 4 is 34.3 Å². The van der Waals surface area contributed by atoms with E-state index in [4.69, 9.17) is 16.3 Å². The van der Waals surface area contributed by atoms with Gasteiger partial charge in [0, 0.05) is 35.4 Å². The monoisotopic (exact) mass is 498 g/mol.